The molecule has 0 radical (unpaired) electrons. The summed E-state index contributed by atoms with van der Waals surface area (Å²) in [6, 6.07) is 10.2. The lowest BCUT2D eigenvalue weighted by Crippen LogP contribution is -2.14. The maximum atomic E-state index is 12.3. The first kappa shape index (κ1) is 20.3. The standard InChI is InChI=1S/C18H15Cl2N3O4S/c1-25-14-8-15(26-2)13(7-12(14)20)21-16(24)9-28-18-23-22-17(27-18)10-3-5-11(19)6-4-10/h3-8H,9H2,1-2H3,(H,21,24). The number of rotatable bonds is 7. The largest absolute Gasteiger partial charge is 0.495 e. The molecule has 28 heavy (non-hydrogen) atoms. The zero-order valence-electron chi connectivity index (χ0n) is 14.9. The van der Waals surface area contributed by atoms with Crippen molar-refractivity contribution in [2.45, 2.75) is 5.22 Å². The van der Waals surface area contributed by atoms with Crippen molar-refractivity contribution < 1.29 is 18.7 Å². The lowest BCUT2D eigenvalue weighted by molar-refractivity contribution is -0.113. The summed E-state index contributed by atoms with van der Waals surface area (Å²) in [7, 11) is 2.99. The number of ether oxygens (including phenoxy) is 2. The van der Waals surface area contributed by atoms with Crippen LogP contribution in [0.25, 0.3) is 11.5 Å². The molecule has 0 unspecified atom stereocenters. The summed E-state index contributed by atoms with van der Waals surface area (Å²) in [6.07, 6.45) is 0. The van der Waals surface area contributed by atoms with Crippen molar-refractivity contribution >= 4 is 46.6 Å². The lowest BCUT2D eigenvalue weighted by Gasteiger charge is -2.12. The zero-order chi connectivity index (χ0) is 20.1. The molecule has 0 saturated heterocycles. The van der Waals surface area contributed by atoms with Crippen LogP contribution >= 0.6 is 35.0 Å². The number of nitrogens with one attached hydrogen (secondary N) is 1. The number of anilines is 1. The summed E-state index contributed by atoms with van der Waals surface area (Å²) in [5.74, 6) is 1.02. The highest BCUT2D eigenvalue weighted by Gasteiger charge is 2.15. The fraction of sp³-hybridized carbons (Fsp3) is 0.167. The number of benzene rings is 2. The van der Waals surface area contributed by atoms with E-state index < -0.39 is 0 Å². The van der Waals surface area contributed by atoms with E-state index in [4.69, 9.17) is 37.1 Å². The van der Waals surface area contributed by atoms with Gasteiger partial charge in [-0.3, -0.25) is 4.79 Å². The van der Waals surface area contributed by atoms with Crippen LogP contribution in [0.1, 0.15) is 0 Å². The lowest BCUT2D eigenvalue weighted by atomic mass is 10.2. The first-order valence-electron chi connectivity index (χ1n) is 7.93. The van der Waals surface area contributed by atoms with Crippen molar-refractivity contribution in [2.24, 2.45) is 0 Å². The number of nitrogens with zero attached hydrogens (tertiary/aromatic N) is 2. The number of aromatic nitrogens is 2. The van der Waals surface area contributed by atoms with Crippen molar-refractivity contribution in [1.82, 2.24) is 10.2 Å². The number of hydrogen-bond acceptors (Lipinski definition) is 7. The van der Waals surface area contributed by atoms with E-state index in [-0.39, 0.29) is 16.9 Å². The molecule has 1 heterocycles. The molecule has 0 bridgehead atoms. The van der Waals surface area contributed by atoms with Crippen LogP contribution in [0, 0.1) is 0 Å². The second kappa shape index (κ2) is 9.18. The molecule has 2 aromatic carbocycles. The summed E-state index contributed by atoms with van der Waals surface area (Å²) in [4.78, 5) is 12.3. The topological polar surface area (TPSA) is 86.5 Å². The number of hydrogen-bond donors (Lipinski definition) is 1. The molecule has 1 amide bonds. The molecule has 0 aliphatic rings. The Morgan fingerprint density at radius 2 is 1.82 bits per heavy atom. The smallest absolute Gasteiger partial charge is 0.277 e. The Bertz CT molecular complexity index is 979. The molecule has 0 aliphatic heterocycles. The van der Waals surface area contributed by atoms with Gasteiger partial charge in [-0.1, -0.05) is 35.0 Å². The fourth-order valence-corrected chi connectivity index (χ4v) is 3.18. The van der Waals surface area contributed by atoms with Gasteiger partial charge < -0.3 is 19.2 Å². The molecule has 0 atom stereocenters. The van der Waals surface area contributed by atoms with Crippen molar-refractivity contribution in [1.29, 1.82) is 0 Å². The van der Waals surface area contributed by atoms with Gasteiger partial charge in [-0.25, -0.2) is 0 Å². The predicted molar refractivity (Wildman–Crippen MR) is 109 cm³/mol. The predicted octanol–water partition coefficient (Wildman–Crippen LogP) is 4.79. The normalized spacial score (nSPS) is 10.6. The first-order valence-corrected chi connectivity index (χ1v) is 9.68. The summed E-state index contributed by atoms with van der Waals surface area (Å²) in [6.45, 7) is 0. The van der Waals surface area contributed by atoms with Gasteiger partial charge in [0.05, 0.1) is 30.7 Å². The fourth-order valence-electron chi connectivity index (χ4n) is 2.25. The summed E-state index contributed by atoms with van der Waals surface area (Å²) in [5, 5.41) is 11.9. The third kappa shape index (κ3) is 4.89. The second-order valence-corrected chi connectivity index (χ2v) is 7.17. The van der Waals surface area contributed by atoms with Gasteiger partial charge in [0.1, 0.15) is 11.5 Å². The van der Waals surface area contributed by atoms with Crippen LogP contribution in [0.2, 0.25) is 10.0 Å². The Morgan fingerprint density at radius 3 is 2.50 bits per heavy atom. The van der Waals surface area contributed by atoms with E-state index >= 15 is 0 Å². The number of methoxy groups -OCH3 is 2. The van der Waals surface area contributed by atoms with E-state index in [1.807, 2.05) is 0 Å². The van der Waals surface area contributed by atoms with Gasteiger partial charge in [-0.2, -0.15) is 0 Å². The Balaban J connectivity index is 1.62. The monoisotopic (exact) mass is 439 g/mol. The molecular weight excluding hydrogens is 425 g/mol. The Kier molecular flexibility index (Phi) is 6.66. The molecule has 0 spiro atoms. The van der Waals surface area contributed by atoms with Crippen LogP contribution in [-0.4, -0.2) is 36.1 Å². The molecule has 1 N–H and O–H groups in total. The molecule has 1 aromatic heterocycles. The minimum atomic E-state index is -0.282. The highest BCUT2D eigenvalue weighted by molar-refractivity contribution is 7.99. The third-order valence-corrected chi connectivity index (χ3v) is 4.94. The van der Waals surface area contributed by atoms with Gasteiger partial charge in [0, 0.05) is 16.7 Å². The molecule has 0 saturated carbocycles. The number of halogens is 2. The maximum absolute atomic E-state index is 12.3. The average Bonchev–Trinajstić information content (AvgIpc) is 3.16. The average molecular weight is 440 g/mol. The number of carbonyl (C=O) groups excluding carboxylic acids is 1. The van der Waals surface area contributed by atoms with Gasteiger partial charge in [-0.15, -0.1) is 10.2 Å². The number of thioether (sulfide) groups is 1. The molecule has 146 valence electrons. The molecule has 3 rings (SSSR count). The van der Waals surface area contributed by atoms with Gasteiger partial charge in [0.25, 0.3) is 5.22 Å². The van der Waals surface area contributed by atoms with Gasteiger partial charge in [0.2, 0.25) is 11.8 Å². The van der Waals surface area contributed by atoms with E-state index in [2.05, 4.69) is 15.5 Å². The third-order valence-electron chi connectivity index (χ3n) is 3.57. The minimum Gasteiger partial charge on any atom is -0.495 e. The molecule has 0 fully saturated rings. The van der Waals surface area contributed by atoms with Crippen molar-refractivity contribution in [2.75, 3.05) is 25.3 Å². The maximum Gasteiger partial charge on any atom is 0.277 e. The van der Waals surface area contributed by atoms with Crippen molar-refractivity contribution in [3.63, 3.8) is 0 Å². The molecule has 7 nitrogen and oxygen atoms in total. The van der Waals surface area contributed by atoms with Crippen molar-refractivity contribution in [3.8, 4) is 23.0 Å². The molecular formula is C18H15Cl2N3O4S. The van der Waals surface area contributed by atoms with E-state index in [1.54, 1.807) is 36.4 Å². The molecule has 3 aromatic rings. The second-order valence-electron chi connectivity index (χ2n) is 5.40. The highest BCUT2D eigenvalue weighted by atomic mass is 35.5. The first-order chi connectivity index (χ1) is 13.5. The van der Waals surface area contributed by atoms with E-state index in [1.165, 1.54) is 14.2 Å². The van der Waals surface area contributed by atoms with E-state index in [0.717, 1.165) is 17.3 Å². The van der Waals surface area contributed by atoms with Gasteiger partial charge in [0.15, 0.2) is 0 Å². The van der Waals surface area contributed by atoms with Crippen LogP contribution in [-0.2, 0) is 4.79 Å². The Labute approximate surface area is 175 Å². The SMILES string of the molecule is COc1cc(OC)c(NC(=O)CSc2nnc(-c3ccc(Cl)cc3)o2)cc1Cl. The Morgan fingerprint density at radius 1 is 1.11 bits per heavy atom. The van der Waals surface area contributed by atoms with Crippen LogP contribution in [0.5, 0.6) is 11.5 Å². The van der Waals surface area contributed by atoms with Crippen molar-refractivity contribution in [3.05, 3.63) is 46.4 Å². The summed E-state index contributed by atoms with van der Waals surface area (Å²) < 4.78 is 16.0. The number of carbonyl (C=O) groups is 1. The van der Waals surface area contributed by atoms with Gasteiger partial charge in [-0.05, 0) is 30.3 Å². The van der Waals surface area contributed by atoms with Crippen LogP contribution in [0.3, 0.4) is 0 Å². The van der Waals surface area contributed by atoms with Crippen LogP contribution in [0.15, 0.2) is 46.0 Å². The summed E-state index contributed by atoms with van der Waals surface area (Å²) >= 11 is 13.1. The zero-order valence-corrected chi connectivity index (χ0v) is 17.2. The van der Waals surface area contributed by atoms with E-state index in [9.17, 15) is 4.79 Å². The van der Waals surface area contributed by atoms with Crippen LogP contribution in [0.4, 0.5) is 5.69 Å². The number of amides is 1. The van der Waals surface area contributed by atoms with Crippen LogP contribution < -0.4 is 14.8 Å². The molecule has 0 aliphatic carbocycles. The minimum absolute atomic E-state index is 0.0645. The van der Waals surface area contributed by atoms with E-state index in [0.29, 0.717) is 33.1 Å². The van der Waals surface area contributed by atoms with Gasteiger partial charge >= 0.3 is 0 Å². The highest BCUT2D eigenvalue weighted by Crippen LogP contribution is 2.36. The molecule has 10 heteroatoms. The Hall–Kier alpha value is -2.42. The quantitative estimate of drug-likeness (QED) is 0.529. The summed E-state index contributed by atoms with van der Waals surface area (Å²) in [5.41, 5.74) is 1.18.